The summed E-state index contributed by atoms with van der Waals surface area (Å²) in [7, 11) is 5.52. The maximum absolute atomic E-state index is 14.8. The van der Waals surface area contributed by atoms with Crippen molar-refractivity contribution in [3.05, 3.63) is 108 Å². The fourth-order valence-electron chi connectivity index (χ4n) is 10.8. The van der Waals surface area contributed by atoms with E-state index in [-0.39, 0.29) is 36.6 Å². The van der Waals surface area contributed by atoms with Crippen LogP contribution in [0.25, 0.3) is 22.3 Å². The highest BCUT2D eigenvalue weighted by molar-refractivity contribution is 6.00. The number of rotatable bonds is 18. The summed E-state index contributed by atoms with van der Waals surface area (Å²) in [6, 6.07) is 15.3. The minimum Gasteiger partial charge on any atom is -0.508 e. The van der Waals surface area contributed by atoms with Gasteiger partial charge in [0.15, 0.2) is 6.23 Å². The number of carbonyl (C=O) groups is 7. The van der Waals surface area contributed by atoms with E-state index in [1.165, 1.54) is 43.3 Å². The molecule has 7 amide bonds. The Morgan fingerprint density at radius 3 is 1.74 bits per heavy atom. The van der Waals surface area contributed by atoms with Crippen LogP contribution in [0.15, 0.2) is 97.1 Å². The molecular formula is C63H85N8O17+. The second kappa shape index (κ2) is 30.1. The maximum atomic E-state index is 14.8. The van der Waals surface area contributed by atoms with Crippen molar-refractivity contribution in [3.63, 3.8) is 0 Å². The summed E-state index contributed by atoms with van der Waals surface area (Å²) in [5.74, 6) is -8.24. The van der Waals surface area contributed by atoms with Crippen LogP contribution in [0.2, 0.25) is 0 Å². The molecule has 3 saturated heterocycles. The lowest BCUT2D eigenvalue weighted by Gasteiger charge is -2.34. The Labute approximate surface area is 511 Å². The van der Waals surface area contributed by atoms with Gasteiger partial charge in [0.2, 0.25) is 35.4 Å². The van der Waals surface area contributed by atoms with Gasteiger partial charge in [-0.25, -0.2) is 0 Å². The van der Waals surface area contributed by atoms with Crippen molar-refractivity contribution < 1.29 is 88.4 Å². The number of aromatic hydroxyl groups is 1. The van der Waals surface area contributed by atoms with Crippen LogP contribution in [0.5, 0.6) is 11.5 Å². The number of amides is 7. The van der Waals surface area contributed by atoms with Crippen molar-refractivity contribution in [2.24, 2.45) is 5.92 Å². The molecular weight excluding hydrogens is 1140 g/mol. The van der Waals surface area contributed by atoms with Gasteiger partial charge >= 0.3 is 0 Å². The van der Waals surface area contributed by atoms with Gasteiger partial charge < -0.3 is 91.2 Å². The van der Waals surface area contributed by atoms with E-state index >= 15 is 0 Å². The Bertz CT molecular complexity index is 3040. The number of nitrogens with zero attached hydrogens (tertiary/aromatic N) is 3. The van der Waals surface area contributed by atoms with E-state index in [0.717, 1.165) is 70.9 Å². The third-order valence-corrected chi connectivity index (χ3v) is 16.1. The van der Waals surface area contributed by atoms with Crippen LogP contribution in [0.4, 0.5) is 0 Å². The van der Waals surface area contributed by atoms with Gasteiger partial charge in [0.1, 0.15) is 72.6 Å². The molecule has 478 valence electrons. The second-order valence-corrected chi connectivity index (χ2v) is 24.1. The topological polar surface area (TPSA) is 366 Å². The van der Waals surface area contributed by atoms with Crippen molar-refractivity contribution >= 4 is 41.4 Å². The van der Waals surface area contributed by atoms with Crippen LogP contribution in [-0.4, -0.2) is 230 Å². The number of ether oxygens (including phenoxy) is 2. The Balaban J connectivity index is 1.23. The molecule has 25 nitrogen and oxygen atoms in total. The van der Waals surface area contributed by atoms with Gasteiger partial charge in [-0.05, 0) is 84.5 Å². The predicted molar refractivity (Wildman–Crippen MR) is 320 cm³/mol. The molecule has 88 heavy (non-hydrogen) atoms. The number of likely N-dealkylation sites (N-methyl/N-ethyl adjacent to an activating group) is 1. The molecule has 7 rings (SSSR count). The number of hydrogen-bond acceptors (Lipinski definition) is 17. The highest BCUT2D eigenvalue weighted by atomic mass is 16.5. The first-order chi connectivity index (χ1) is 41.6. The molecule has 3 heterocycles. The summed E-state index contributed by atoms with van der Waals surface area (Å²) in [6.45, 7) is 5.80. The van der Waals surface area contributed by atoms with Crippen LogP contribution >= 0.6 is 0 Å². The van der Waals surface area contributed by atoms with Crippen molar-refractivity contribution in [1.82, 2.24) is 36.4 Å². The van der Waals surface area contributed by atoms with Crippen molar-refractivity contribution in [2.75, 3.05) is 54.0 Å². The number of hydrogen-bond donors (Lipinski definition) is 13. The number of phenols is 1. The number of nitrogens with one attached hydrogen (secondary N) is 5. The van der Waals surface area contributed by atoms with E-state index < -0.39 is 152 Å². The largest absolute Gasteiger partial charge is 0.508 e. The zero-order chi connectivity index (χ0) is 64.3. The third kappa shape index (κ3) is 17.2. The zero-order valence-corrected chi connectivity index (χ0v) is 50.6. The molecule has 15 atom stereocenters. The molecule has 25 heteroatoms. The molecule has 0 spiro atoms. The highest BCUT2D eigenvalue weighted by Crippen LogP contribution is 2.30. The SMILES string of the molecule is CCCCCOc1ccc(-c2ccc(-c3ccc(C(=O)N[C@H]4C[C@@H](O)[C@@H](OCC[N+](C)(C)C)NC(=O)C5[C@@H](O)[C@@H](C)CN5C(=O)C([C@@H](C)O)NC(=O)C([C@H](O)[C@@H](O)c5ccc(O)cc5)NC(=O)C5C[C@@H](O)CN5C(=O)C([C@@H](C)O)NC4=O)cc3)cc2)cc1. The minimum atomic E-state index is -2.29. The molecule has 0 radical (unpaired) electrons. The molecule has 13 N–H and O–H groups in total. The number of carbonyl (C=O) groups excluding carboxylic acids is 7. The smallest absolute Gasteiger partial charge is 0.251 e. The average Bonchev–Trinajstić information content (AvgIpc) is 2.08. The monoisotopic (exact) mass is 1230 g/mol. The zero-order valence-electron chi connectivity index (χ0n) is 50.6. The molecule has 3 fully saturated rings. The Hall–Kier alpha value is -7.59. The van der Waals surface area contributed by atoms with Gasteiger partial charge in [0.05, 0.1) is 58.8 Å². The first-order valence-corrected chi connectivity index (χ1v) is 29.7. The van der Waals surface area contributed by atoms with E-state index in [0.29, 0.717) is 11.1 Å². The molecule has 3 aliphatic heterocycles. The fourth-order valence-corrected chi connectivity index (χ4v) is 10.8. The Morgan fingerprint density at radius 2 is 1.18 bits per heavy atom. The summed E-state index contributed by atoms with van der Waals surface area (Å²) in [5.41, 5.74) is 3.48. The minimum absolute atomic E-state index is 0.0470. The van der Waals surface area contributed by atoms with Crippen molar-refractivity contribution in [1.29, 1.82) is 0 Å². The van der Waals surface area contributed by atoms with Gasteiger partial charge in [0.25, 0.3) is 5.91 Å². The van der Waals surface area contributed by atoms with Crippen LogP contribution in [-0.2, 0) is 33.5 Å². The second-order valence-electron chi connectivity index (χ2n) is 24.1. The molecule has 0 bridgehead atoms. The lowest BCUT2D eigenvalue weighted by atomic mass is 9.96. The van der Waals surface area contributed by atoms with Crippen LogP contribution < -0.4 is 31.3 Å². The summed E-state index contributed by atoms with van der Waals surface area (Å²) in [6.07, 6.45) is -12.6. The molecule has 4 aromatic carbocycles. The quantitative estimate of drug-likeness (QED) is 0.0453. The van der Waals surface area contributed by atoms with Gasteiger partial charge in [-0.2, -0.15) is 0 Å². The van der Waals surface area contributed by atoms with E-state index in [1.807, 2.05) is 69.7 Å². The number of unbranched alkanes of at least 4 members (excludes halogenated alkanes) is 2. The Kier molecular flexibility index (Phi) is 23.2. The van der Waals surface area contributed by atoms with E-state index in [9.17, 15) is 74.4 Å². The third-order valence-electron chi connectivity index (χ3n) is 16.1. The van der Waals surface area contributed by atoms with E-state index in [4.69, 9.17) is 9.47 Å². The summed E-state index contributed by atoms with van der Waals surface area (Å²) < 4.78 is 12.3. The average molecular weight is 1230 g/mol. The first kappa shape index (κ1) is 67.9. The summed E-state index contributed by atoms with van der Waals surface area (Å²) in [5, 5.41) is 103. The maximum Gasteiger partial charge on any atom is 0.251 e. The fraction of sp³-hybridized carbons (Fsp3) is 0.508. The van der Waals surface area contributed by atoms with Gasteiger partial charge in [-0.3, -0.25) is 33.6 Å². The van der Waals surface area contributed by atoms with Gasteiger partial charge in [0, 0.05) is 37.4 Å². The lowest BCUT2D eigenvalue weighted by Crippen LogP contribution is -2.64. The molecule has 5 unspecified atom stereocenters. The normalized spacial score (nSPS) is 26.7. The number of aliphatic hydroxyl groups excluding tert-OH is 7. The van der Waals surface area contributed by atoms with Crippen LogP contribution in [0.3, 0.4) is 0 Å². The van der Waals surface area contributed by atoms with E-state index in [1.54, 1.807) is 12.1 Å². The van der Waals surface area contributed by atoms with Crippen LogP contribution in [0, 0.1) is 5.92 Å². The molecule has 0 aliphatic carbocycles. The Morgan fingerprint density at radius 1 is 0.648 bits per heavy atom. The van der Waals surface area contributed by atoms with Gasteiger partial charge in [-0.1, -0.05) is 87.4 Å². The number of aliphatic hydroxyl groups is 7. The highest BCUT2D eigenvalue weighted by Gasteiger charge is 2.50. The standard InChI is InChI=1S/C63H84N8O17/c1-8-9-10-28-87-45-25-21-40(22-26-45)38-13-11-37(12-14-38)39-15-17-42(18-16-39)56(80)64-46-31-48(76)61(88-29-27-71(5,6)7)68-60(84)52-53(77)34(2)32-70(52)63(86)50(36(4)73)66-59(83)51(55(79)54(78)41-19-23-43(74)24-20-41)67-58(82)47-30-44(75)33-69(47)62(85)49(35(3)72)65-57(46)81/h11-26,34-36,44,46-55,61,72-73,75-79H,8-10,27-33H2,1-7H3,(H5-,64,65,66,67,68,74,80,81,82,83,84)/p+1/t34-,35+,36+,44+,46-,47?,48+,49?,50?,51?,52?,53-,54-,55-,61+/m0/s1. The number of quaternary nitrogens is 1. The summed E-state index contributed by atoms with van der Waals surface area (Å²) in [4.78, 5) is 104. The van der Waals surface area contributed by atoms with Crippen molar-refractivity contribution in [2.45, 2.75) is 145 Å². The number of fused-ring (bicyclic) bond motifs is 2. The van der Waals surface area contributed by atoms with Crippen molar-refractivity contribution in [3.8, 4) is 33.8 Å². The van der Waals surface area contributed by atoms with Crippen LogP contribution in [0.1, 0.15) is 81.8 Å². The first-order valence-electron chi connectivity index (χ1n) is 29.7. The number of phenolic OH excluding ortho intramolecular Hbond substituents is 1. The molecule has 4 aromatic rings. The number of benzene rings is 4. The molecule has 0 aromatic heterocycles. The predicted octanol–water partition coefficient (Wildman–Crippen LogP) is -0.197. The summed E-state index contributed by atoms with van der Waals surface area (Å²) >= 11 is 0. The molecule has 3 aliphatic rings. The molecule has 0 saturated carbocycles. The lowest BCUT2D eigenvalue weighted by molar-refractivity contribution is -0.870. The van der Waals surface area contributed by atoms with Gasteiger partial charge in [-0.15, -0.1) is 0 Å². The van der Waals surface area contributed by atoms with E-state index in [2.05, 4.69) is 33.5 Å².